The molecule has 0 aliphatic heterocycles. The van der Waals surface area contributed by atoms with Gasteiger partial charge in [-0.3, -0.25) is 9.78 Å². The maximum Gasteiger partial charge on any atom is 0.230 e. The van der Waals surface area contributed by atoms with Crippen LogP contribution in [0.5, 0.6) is 11.5 Å². The fourth-order valence-electron chi connectivity index (χ4n) is 2.69. The minimum Gasteiger partial charge on any atom is -0.457 e. The number of pyridine rings is 1. The van der Waals surface area contributed by atoms with Crippen molar-refractivity contribution in [2.45, 2.75) is 6.42 Å². The highest BCUT2D eigenvalue weighted by atomic mass is 32.1. The quantitative estimate of drug-likeness (QED) is 0.472. The summed E-state index contributed by atoms with van der Waals surface area (Å²) in [4.78, 5) is 20.8. The summed E-state index contributed by atoms with van der Waals surface area (Å²) in [6.45, 7) is 0. The van der Waals surface area contributed by atoms with Crippen LogP contribution in [0.25, 0.3) is 10.6 Å². The molecule has 29 heavy (non-hydrogen) atoms. The maximum absolute atomic E-state index is 13.4. The Balaban J connectivity index is 1.39. The van der Waals surface area contributed by atoms with Crippen molar-refractivity contribution >= 4 is 22.9 Å². The Morgan fingerprint density at radius 3 is 2.69 bits per heavy atom. The number of benzene rings is 2. The third-order valence-corrected chi connectivity index (χ3v) is 4.91. The standard InChI is InChI=1S/C22H16FN3O2S/c23-16-4-1-3-15(11-16)22-26-18(14-29-22)13-21(27)25-17-5-2-6-20(12-17)28-19-7-9-24-10-8-19/h1-12,14H,13H2,(H,25,27). The Morgan fingerprint density at radius 1 is 1.03 bits per heavy atom. The number of rotatable bonds is 6. The van der Waals surface area contributed by atoms with Crippen LogP contribution in [0, 0.1) is 5.82 Å². The van der Waals surface area contributed by atoms with Crippen LogP contribution < -0.4 is 10.1 Å². The van der Waals surface area contributed by atoms with E-state index in [-0.39, 0.29) is 18.1 Å². The smallest absolute Gasteiger partial charge is 0.230 e. The molecule has 0 spiro atoms. The third-order valence-electron chi connectivity index (χ3n) is 3.97. The molecule has 2 heterocycles. The van der Waals surface area contributed by atoms with Crippen molar-refractivity contribution in [2.75, 3.05) is 5.32 Å². The number of nitrogens with one attached hydrogen (secondary N) is 1. The monoisotopic (exact) mass is 405 g/mol. The lowest BCUT2D eigenvalue weighted by molar-refractivity contribution is -0.115. The van der Waals surface area contributed by atoms with Crippen molar-refractivity contribution in [2.24, 2.45) is 0 Å². The van der Waals surface area contributed by atoms with Crippen LogP contribution in [-0.2, 0) is 11.2 Å². The molecule has 144 valence electrons. The number of ether oxygens (including phenoxy) is 1. The molecule has 2 aromatic heterocycles. The second-order valence-electron chi connectivity index (χ2n) is 6.19. The van der Waals surface area contributed by atoms with Gasteiger partial charge < -0.3 is 10.1 Å². The molecule has 0 unspecified atom stereocenters. The van der Waals surface area contributed by atoms with E-state index >= 15 is 0 Å². The topological polar surface area (TPSA) is 64.1 Å². The van der Waals surface area contributed by atoms with Gasteiger partial charge in [0.25, 0.3) is 0 Å². The zero-order valence-corrected chi connectivity index (χ0v) is 16.0. The number of amides is 1. The molecule has 4 rings (SSSR count). The molecule has 4 aromatic rings. The Labute approximate surface area is 170 Å². The molecule has 5 nitrogen and oxygen atoms in total. The molecular formula is C22H16FN3O2S. The zero-order chi connectivity index (χ0) is 20.1. The van der Waals surface area contributed by atoms with E-state index in [0.717, 1.165) is 0 Å². The lowest BCUT2D eigenvalue weighted by Gasteiger charge is -2.08. The number of nitrogens with zero attached hydrogens (tertiary/aromatic N) is 2. The molecule has 1 amide bonds. The summed E-state index contributed by atoms with van der Waals surface area (Å²) in [5.74, 6) is 0.764. The number of carbonyl (C=O) groups is 1. The van der Waals surface area contributed by atoms with Gasteiger partial charge in [0.15, 0.2) is 0 Å². The zero-order valence-electron chi connectivity index (χ0n) is 15.2. The number of anilines is 1. The van der Waals surface area contributed by atoms with Gasteiger partial charge in [0, 0.05) is 35.1 Å². The summed E-state index contributed by atoms with van der Waals surface area (Å²) in [7, 11) is 0. The largest absolute Gasteiger partial charge is 0.457 e. The van der Waals surface area contributed by atoms with Crippen molar-refractivity contribution in [3.05, 3.63) is 89.9 Å². The Kier molecular flexibility index (Phi) is 5.58. The molecule has 2 aromatic carbocycles. The maximum atomic E-state index is 13.4. The van der Waals surface area contributed by atoms with Gasteiger partial charge in [-0.05, 0) is 36.4 Å². The van der Waals surface area contributed by atoms with E-state index in [1.165, 1.54) is 23.5 Å². The number of hydrogen-bond acceptors (Lipinski definition) is 5. The van der Waals surface area contributed by atoms with Crippen LogP contribution in [0.3, 0.4) is 0 Å². The van der Waals surface area contributed by atoms with Gasteiger partial charge in [0.2, 0.25) is 5.91 Å². The number of aromatic nitrogens is 2. The minimum absolute atomic E-state index is 0.126. The lowest BCUT2D eigenvalue weighted by atomic mass is 10.2. The first-order chi connectivity index (χ1) is 14.2. The van der Waals surface area contributed by atoms with E-state index in [9.17, 15) is 9.18 Å². The van der Waals surface area contributed by atoms with E-state index < -0.39 is 0 Å². The van der Waals surface area contributed by atoms with Crippen LogP contribution in [0.15, 0.2) is 78.4 Å². The highest BCUT2D eigenvalue weighted by Gasteiger charge is 2.10. The van der Waals surface area contributed by atoms with Crippen LogP contribution in [-0.4, -0.2) is 15.9 Å². The van der Waals surface area contributed by atoms with E-state index in [2.05, 4.69) is 15.3 Å². The Morgan fingerprint density at radius 2 is 1.86 bits per heavy atom. The van der Waals surface area contributed by atoms with E-state index in [4.69, 9.17) is 4.74 Å². The first-order valence-electron chi connectivity index (χ1n) is 8.84. The number of thiazole rings is 1. The highest BCUT2D eigenvalue weighted by Crippen LogP contribution is 2.26. The number of hydrogen-bond donors (Lipinski definition) is 1. The summed E-state index contributed by atoms with van der Waals surface area (Å²) in [6, 6.07) is 16.9. The molecule has 0 saturated carbocycles. The number of halogens is 1. The molecule has 0 radical (unpaired) electrons. The summed E-state index contributed by atoms with van der Waals surface area (Å²) >= 11 is 1.38. The summed E-state index contributed by atoms with van der Waals surface area (Å²) in [5, 5.41) is 5.34. The lowest BCUT2D eigenvalue weighted by Crippen LogP contribution is -2.14. The second-order valence-corrected chi connectivity index (χ2v) is 7.05. The van der Waals surface area contributed by atoms with Gasteiger partial charge in [0.05, 0.1) is 12.1 Å². The molecule has 0 aliphatic carbocycles. The second kappa shape index (κ2) is 8.62. The molecular weight excluding hydrogens is 389 g/mol. The fraction of sp³-hybridized carbons (Fsp3) is 0.0455. The summed E-state index contributed by atoms with van der Waals surface area (Å²) < 4.78 is 19.1. The average molecular weight is 405 g/mol. The predicted molar refractivity (Wildman–Crippen MR) is 111 cm³/mol. The minimum atomic E-state index is -0.314. The Hall–Kier alpha value is -3.58. The molecule has 0 aliphatic rings. The first kappa shape index (κ1) is 18.8. The van der Waals surface area contributed by atoms with Gasteiger partial charge in [-0.25, -0.2) is 9.37 Å². The van der Waals surface area contributed by atoms with E-state index in [1.54, 1.807) is 54.9 Å². The molecule has 1 N–H and O–H groups in total. The van der Waals surface area contributed by atoms with Gasteiger partial charge in [-0.1, -0.05) is 18.2 Å². The molecule has 0 saturated heterocycles. The molecule has 7 heteroatoms. The van der Waals surface area contributed by atoms with Gasteiger partial charge in [-0.2, -0.15) is 0 Å². The summed E-state index contributed by atoms with van der Waals surface area (Å²) in [5.41, 5.74) is 1.96. The van der Waals surface area contributed by atoms with Crippen molar-refractivity contribution in [1.82, 2.24) is 9.97 Å². The Bertz CT molecular complexity index is 1130. The van der Waals surface area contributed by atoms with Crippen LogP contribution >= 0.6 is 11.3 Å². The molecule has 0 fully saturated rings. The van der Waals surface area contributed by atoms with Crippen LogP contribution in [0.2, 0.25) is 0 Å². The summed E-state index contributed by atoms with van der Waals surface area (Å²) in [6.07, 6.45) is 3.42. The normalized spacial score (nSPS) is 10.5. The SMILES string of the molecule is O=C(Cc1csc(-c2cccc(F)c2)n1)Nc1cccc(Oc2ccncc2)c1. The molecule has 0 atom stereocenters. The van der Waals surface area contributed by atoms with Crippen molar-refractivity contribution < 1.29 is 13.9 Å². The average Bonchev–Trinajstić information content (AvgIpc) is 3.17. The highest BCUT2D eigenvalue weighted by molar-refractivity contribution is 7.13. The van der Waals surface area contributed by atoms with Crippen molar-refractivity contribution in [3.63, 3.8) is 0 Å². The van der Waals surface area contributed by atoms with Gasteiger partial charge in [-0.15, -0.1) is 11.3 Å². The van der Waals surface area contributed by atoms with Crippen LogP contribution in [0.1, 0.15) is 5.69 Å². The molecule has 0 bridgehead atoms. The predicted octanol–water partition coefficient (Wildman–Crippen LogP) is 5.32. The fourth-order valence-corrected chi connectivity index (χ4v) is 3.51. The van der Waals surface area contributed by atoms with E-state index in [0.29, 0.717) is 33.5 Å². The van der Waals surface area contributed by atoms with Gasteiger partial charge >= 0.3 is 0 Å². The van der Waals surface area contributed by atoms with Gasteiger partial charge in [0.1, 0.15) is 22.3 Å². The van der Waals surface area contributed by atoms with Crippen molar-refractivity contribution in [3.8, 4) is 22.1 Å². The van der Waals surface area contributed by atoms with E-state index in [1.807, 2.05) is 11.4 Å². The van der Waals surface area contributed by atoms with Crippen LogP contribution in [0.4, 0.5) is 10.1 Å². The first-order valence-corrected chi connectivity index (χ1v) is 9.72. The van der Waals surface area contributed by atoms with Crippen molar-refractivity contribution in [1.29, 1.82) is 0 Å². The third kappa shape index (κ3) is 5.03. The number of carbonyl (C=O) groups excluding carboxylic acids is 1.